The van der Waals surface area contributed by atoms with Gasteiger partial charge in [0.15, 0.2) is 11.5 Å². The van der Waals surface area contributed by atoms with Gasteiger partial charge >= 0.3 is 0 Å². The van der Waals surface area contributed by atoms with Gasteiger partial charge in [-0.1, -0.05) is 11.6 Å². The third-order valence-electron chi connectivity index (χ3n) is 5.63. The zero-order chi connectivity index (χ0) is 23.6. The number of amides is 1. The summed E-state index contributed by atoms with van der Waals surface area (Å²) in [6, 6.07) is 12.3. The molecule has 6 rings (SSSR count). The fourth-order valence-electron chi connectivity index (χ4n) is 4.11. The van der Waals surface area contributed by atoms with Crippen molar-refractivity contribution in [3.63, 3.8) is 0 Å². The second kappa shape index (κ2) is 7.32. The zero-order valence-electron chi connectivity index (χ0n) is 17.1. The molecule has 2 N–H and O–H groups in total. The Morgan fingerprint density at radius 3 is 2.82 bits per heavy atom. The molecule has 1 aliphatic rings. The van der Waals surface area contributed by atoms with Crippen molar-refractivity contribution in [1.29, 1.82) is 0 Å². The van der Waals surface area contributed by atoms with Crippen LogP contribution >= 0.6 is 11.6 Å². The van der Waals surface area contributed by atoms with Gasteiger partial charge < -0.3 is 18.9 Å². The van der Waals surface area contributed by atoms with Crippen LogP contribution in [0.15, 0.2) is 81.0 Å². The number of aliphatic hydroxyl groups excluding tert-OH is 1. The summed E-state index contributed by atoms with van der Waals surface area (Å²) < 4.78 is 24.9. The Labute approximate surface area is 194 Å². The van der Waals surface area contributed by atoms with Gasteiger partial charge in [-0.3, -0.25) is 14.5 Å². The summed E-state index contributed by atoms with van der Waals surface area (Å²) >= 11 is 6.02. The molecule has 0 saturated heterocycles. The van der Waals surface area contributed by atoms with Crippen LogP contribution in [0.1, 0.15) is 22.4 Å². The predicted molar refractivity (Wildman–Crippen MR) is 120 cm³/mol. The van der Waals surface area contributed by atoms with Crippen LogP contribution in [-0.2, 0) is 4.79 Å². The van der Waals surface area contributed by atoms with E-state index in [1.54, 1.807) is 30.3 Å². The van der Waals surface area contributed by atoms with Crippen LogP contribution in [0.4, 0.5) is 10.3 Å². The van der Waals surface area contributed by atoms with E-state index in [1.807, 2.05) is 0 Å². The van der Waals surface area contributed by atoms with E-state index in [9.17, 15) is 19.1 Å². The van der Waals surface area contributed by atoms with Crippen molar-refractivity contribution in [3.05, 3.63) is 94.6 Å². The molecule has 0 saturated carbocycles. The molecule has 34 heavy (non-hydrogen) atoms. The molecule has 0 aliphatic carbocycles. The van der Waals surface area contributed by atoms with Gasteiger partial charge in [-0.15, -0.1) is 0 Å². The smallest absolute Gasteiger partial charge is 0.296 e. The molecule has 1 unspecified atom stereocenters. The number of Topliss-reactive ketones (excluding diaryl/α,β-unsaturated/α-hetero) is 1. The van der Waals surface area contributed by atoms with Crippen LogP contribution < -0.4 is 4.90 Å². The van der Waals surface area contributed by atoms with Gasteiger partial charge in [0, 0.05) is 10.4 Å². The van der Waals surface area contributed by atoms with E-state index >= 15 is 0 Å². The van der Waals surface area contributed by atoms with Crippen LogP contribution in [0.3, 0.4) is 0 Å². The minimum atomic E-state index is -1.14. The Bertz CT molecular complexity index is 1650. The fourth-order valence-corrected chi connectivity index (χ4v) is 4.29. The van der Waals surface area contributed by atoms with E-state index in [1.165, 1.54) is 30.5 Å². The van der Waals surface area contributed by atoms with Crippen LogP contribution in [-0.4, -0.2) is 26.8 Å². The Kier molecular flexibility index (Phi) is 4.36. The van der Waals surface area contributed by atoms with Crippen LogP contribution in [0.25, 0.3) is 22.0 Å². The Morgan fingerprint density at radius 2 is 2.03 bits per heavy atom. The van der Waals surface area contributed by atoms with Gasteiger partial charge in [0.2, 0.25) is 11.7 Å². The second-order valence-electron chi connectivity index (χ2n) is 7.70. The molecule has 5 aromatic rings. The highest BCUT2D eigenvalue weighted by Gasteiger charge is 2.48. The fraction of sp³-hybridized carbons (Fsp3) is 0.0417. The number of rotatable bonds is 4. The van der Waals surface area contributed by atoms with Gasteiger partial charge in [0.05, 0.1) is 22.9 Å². The third-order valence-corrected chi connectivity index (χ3v) is 5.86. The summed E-state index contributed by atoms with van der Waals surface area (Å²) in [7, 11) is 0. The first-order valence-corrected chi connectivity index (χ1v) is 10.5. The number of aromatic nitrogens is 2. The second-order valence-corrected chi connectivity index (χ2v) is 8.14. The summed E-state index contributed by atoms with van der Waals surface area (Å²) in [5, 5.41) is 11.8. The molecule has 4 heterocycles. The number of hydrogen-bond donors (Lipinski definition) is 2. The van der Waals surface area contributed by atoms with E-state index in [2.05, 4.69) is 9.97 Å². The van der Waals surface area contributed by atoms with Crippen molar-refractivity contribution in [2.75, 3.05) is 4.90 Å². The summed E-state index contributed by atoms with van der Waals surface area (Å²) in [6.07, 6.45) is 1.38. The number of hydrogen-bond acceptors (Lipinski definition) is 6. The number of halogens is 2. The maximum Gasteiger partial charge on any atom is 0.296 e. The number of nitrogens with one attached hydrogen (secondary N) is 1. The monoisotopic (exact) mass is 477 g/mol. The van der Waals surface area contributed by atoms with Gasteiger partial charge in [0.25, 0.3) is 5.91 Å². The van der Waals surface area contributed by atoms with Crippen molar-refractivity contribution in [2.24, 2.45) is 0 Å². The number of fused-ring (bicyclic) bond motifs is 2. The van der Waals surface area contributed by atoms with E-state index < -0.39 is 29.3 Å². The number of imidazole rings is 1. The summed E-state index contributed by atoms with van der Waals surface area (Å²) in [6.45, 7) is 0. The summed E-state index contributed by atoms with van der Waals surface area (Å²) in [5.41, 5.74) is 0.921. The van der Waals surface area contributed by atoms with Crippen LogP contribution in [0.5, 0.6) is 0 Å². The topological polar surface area (TPSA) is 113 Å². The van der Waals surface area contributed by atoms with Crippen molar-refractivity contribution in [2.45, 2.75) is 6.04 Å². The lowest BCUT2D eigenvalue weighted by molar-refractivity contribution is -0.117. The van der Waals surface area contributed by atoms with E-state index in [0.29, 0.717) is 27.0 Å². The molecule has 2 aromatic carbocycles. The average Bonchev–Trinajstić information content (AvgIpc) is 3.58. The third kappa shape index (κ3) is 3.01. The SMILES string of the molecule is O=C(C1=C(O)C(=O)N(c2nc3ccc(F)cc3[nH]2)C1c1ccco1)c1cc2cc(Cl)ccc2o1. The highest BCUT2D eigenvalue weighted by molar-refractivity contribution is 6.31. The minimum Gasteiger partial charge on any atom is -0.503 e. The van der Waals surface area contributed by atoms with Crippen LogP contribution in [0.2, 0.25) is 5.02 Å². The Morgan fingerprint density at radius 1 is 1.18 bits per heavy atom. The predicted octanol–water partition coefficient (Wildman–Crippen LogP) is 5.48. The molecule has 1 aliphatic heterocycles. The van der Waals surface area contributed by atoms with Crippen molar-refractivity contribution < 1.29 is 27.9 Å². The maximum atomic E-state index is 13.7. The average molecular weight is 478 g/mol. The molecule has 0 bridgehead atoms. The quantitative estimate of drug-likeness (QED) is 0.331. The van der Waals surface area contributed by atoms with E-state index in [-0.39, 0.29) is 23.0 Å². The lowest BCUT2D eigenvalue weighted by Gasteiger charge is -2.21. The van der Waals surface area contributed by atoms with Gasteiger partial charge in [0.1, 0.15) is 23.2 Å². The maximum absolute atomic E-state index is 13.7. The molecule has 0 fully saturated rings. The van der Waals surface area contributed by atoms with Gasteiger partial charge in [-0.05, 0) is 54.6 Å². The standard InChI is InChI=1S/C24H13ClFN3O5/c25-12-3-6-16-11(8-12)9-18(34-16)21(30)19-20(17-2-1-7-33-17)29(23(32)22(19)31)24-27-14-5-4-13(26)10-15(14)28-24/h1-10,20,31H,(H,27,28). The molecule has 1 atom stereocenters. The van der Waals surface area contributed by atoms with Crippen molar-refractivity contribution in [1.82, 2.24) is 9.97 Å². The molecule has 10 heteroatoms. The molecule has 1 amide bonds. The van der Waals surface area contributed by atoms with Gasteiger partial charge in [-0.2, -0.15) is 0 Å². The first-order chi connectivity index (χ1) is 16.4. The van der Waals surface area contributed by atoms with Gasteiger partial charge in [-0.25, -0.2) is 9.37 Å². The zero-order valence-corrected chi connectivity index (χ0v) is 17.8. The van der Waals surface area contributed by atoms with Crippen molar-refractivity contribution in [3.8, 4) is 0 Å². The lowest BCUT2D eigenvalue weighted by atomic mass is 9.99. The molecular formula is C24H13ClFN3O5. The number of aromatic amines is 1. The number of nitrogens with zero attached hydrogens (tertiary/aromatic N) is 2. The van der Waals surface area contributed by atoms with Crippen LogP contribution in [0, 0.1) is 5.82 Å². The highest BCUT2D eigenvalue weighted by Crippen LogP contribution is 2.42. The highest BCUT2D eigenvalue weighted by atomic mass is 35.5. The molecule has 3 aromatic heterocycles. The minimum absolute atomic E-state index is 0.0118. The number of ketones is 1. The molecule has 8 nitrogen and oxygen atoms in total. The first kappa shape index (κ1) is 20.3. The lowest BCUT2D eigenvalue weighted by Crippen LogP contribution is -2.31. The number of carbonyl (C=O) groups is 2. The molecule has 168 valence electrons. The van der Waals surface area contributed by atoms with E-state index in [4.69, 9.17) is 20.4 Å². The number of furan rings is 2. The number of H-pyrrole nitrogens is 1. The van der Waals surface area contributed by atoms with E-state index in [0.717, 1.165) is 4.90 Å². The largest absolute Gasteiger partial charge is 0.503 e. The molecular weight excluding hydrogens is 465 g/mol. The summed E-state index contributed by atoms with van der Waals surface area (Å²) in [4.78, 5) is 35.0. The normalized spacial score (nSPS) is 16.4. The summed E-state index contributed by atoms with van der Waals surface area (Å²) in [5.74, 6) is -2.69. The Hall–Kier alpha value is -4.37. The molecule has 0 spiro atoms. The first-order valence-electron chi connectivity index (χ1n) is 10.1. The number of carbonyl (C=O) groups excluding carboxylic acids is 2. The number of benzene rings is 2. The Balaban J connectivity index is 1.49. The van der Waals surface area contributed by atoms with Crippen molar-refractivity contribution >= 4 is 51.2 Å². The number of anilines is 1. The molecule has 0 radical (unpaired) electrons. The number of aliphatic hydroxyl groups is 1.